The van der Waals surface area contributed by atoms with E-state index in [1.807, 2.05) is 12.1 Å². The number of likely N-dealkylation sites (tertiary alicyclic amines) is 1. The highest BCUT2D eigenvalue weighted by Crippen LogP contribution is 2.24. The summed E-state index contributed by atoms with van der Waals surface area (Å²) in [6.07, 6.45) is 7.53. The molecule has 3 nitrogen and oxygen atoms in total. The van der Waals surface area contributed by atoms with Crippen LogP contribution in [0.4, 0.5) is 10.2 Å². The van der Waals surface area contributed by atoms with E-state index >= 15 is 0 Å². The lowest BCUT2D eigenvalue weighted by molar-refractivity contribution is 0.0506. The highest BCUT2D eigenvalue weighted by Gasteiger charge is 2.19. The van der Waals surface area contributed by atoms with Crippen molar-refractivity contribution in [2.24, 2.45) is 5.92 Å². The molecule has 30 heavy (non-hydrogen) atoms. The summed E-state index contributed by atoms with van der Waals surface area (Å²) in [6.45, 7) is 6.98. The first kappa shape index (κ1) is 22.8. The maximum atomic E-state index is 13.0. The van der Waals surface area contributed by atoms with Gasteiger partial charge in [-0.25, -0.2) is 0 Å². The van der Waals surface area contributed by atoms with Crippen molar-refractivity contribution in [1.82, 2.24) is 10.0 Å². The SMILES string of the molecule is CCCCCNc1ccc(CC2CCN(Cc3ccc(CN(C)F)cc3)CC2)cc1. The third-order valence-electron chi connectivity index (χ3n) is 6.12. The molecule has 0 atom stereocenters. The van der Waals surface area contributed by atoms with E-state index in [0.717, 1.165) is 42.8 Å². The maximum absolute atomic E-state index is 13.0. The monoisotopic (exact) mass is 411 g/mol. The number of unbranched alkanes of at least 4 members (excludes halogenated alkanes) is 2. The van der Waals surface area contributed by atoms with Crippen molar-refractivity contribution in [2.45, 2.75) is 58.5 Å². The van der Waals surface area contributed by atoms with E-state index in [9.17, 15) is 4.48 Å². The van der Waals surface area contributed by atoms with Crippen LogP contribution in [0.25, 0.3) is 0 Å². The van der Waals surface area contributed by atoms with Gasteiger partial charge in [0.25, 0.3) is 0 Å². The first-order chi connectivity index (χ1) is 14.6. The molecule has 0 amide bonds. The third kappa shape index (κ3) is 7.73. The van der Waals surface area contributed by atoms with Crippen LogP contribution in [-0.2, 0) is 19.5 Å². The van der Waals surface area contributed by atoms with Gasteiger partial charge < -0.3 is 5.32 Å². The lowest BCUT2D eigenvalue weighted by Crippen LogP contribution is -2.33. The van der Waals surface area contributed by atoms with Crippen LogP contribution in [0, 0.1) is 5.92 Å². The molecule has 2 aromatic rings. The fourth-order valence-corrected chi connectivity index (χ4v) is 4.31. The Bertz CT molecular complexity index is 719. The molecule has 0 radical (unpaired) electrons. The van der Waals surface area contributed by atoms with Gasteiger partial charge in [-0.1, -0.05) is 56.2 Å². The summed E-state index contributed by atoms with van der Waals surface area (Å²) >= 11 is 0. The highest BCUT2D eigenvalue weighted by atomic mass is 19.2. The zero-order valence-electron chi connectivity index (χ0n) is 18.7. The zero-order valence-corrected chi connectivity index (χ0v) is 18.7. The smallest absolute Gasteiger partial charge is 0.0537 e. The number of piperidine rings is 1. The number of halogens is 1. The number of anilines is 1. The molecule has 0 unspecified atom stereocenters. The standard InChI is InChI=1S/C26H38FN3/c1-3-4-5-16-28-26-12-10-22(11-13-26)19-23-14-17-30(18-15-23)21-25-8-6-24(7-9-25)20-29(2)27/h6-13,23,28H,3-5,14-21H2,1-2H3. The van der Waals surface area contributed by atoms with Gasteiger partial charge in [0, 0.05) is 25.8 Å². The lowest BCUT2D eigenvalue weighted by Gasteiger charge is -2.32. The van der Waals surface area contributed by atoms with Crippen molar-refractivity contribution >= 4 is 5.69 Å². The molecule has 0 aromatic heterocycles. The third-order valence-corrected chi connectivity index (χ3v) is 6.12. The zero-order chi connectivity index (χ0) is 21.2. The molecule has 0 aliphatic carbocycles. The van der Waals surface area contributed by atoms with Gasteiger partial charge in [-0.15, -0.1) is 9.60 Å². The summed E-state index contributed by atoms with van der Waals surface area (Å²) in [5.41, 5.74) is 5.04. The molecule has 1 fully saturated rings. The number of hydrogen-bond donors (Lipinski definition) is 1. The molecule has 1 N–H and O–H groups in total. The van der Waals surface area contributed by atoms with Crippen LogP contribution < -0.4 is 5.32 Å². The molecule has 1 heterocycles. The Morgan fingerprint density at radius 1 is 0.933 bits per heavy atom. The van der Waals surface area contributed by atoms with Crippen LogP contribution >= 0.6 is 0 Å². The lowest BCUT2D eigenvalue weighted by atomic mass is 9.90. The summed E-state index contributed by atoms with van der Waals surface area (Å²) in [4.78, 5) is 2.55. The van der Waals surface area contributed by atoms with E-state index in [1.54, 1.807) is 0 Å². The molecular weight excluding hydrogens is 373 g/mol. The summed E-state index contributed by atoms with van der Waals surface area (Å²) < 4.78 is 13.0. The fraction of sp³-hybridized carbons (Fsp3) is 0.538. The van der Waals surface area contributed by atoms with E-state index in [1.165, 1.54) is 62.4 Å². The van der Waals surface area contributed by atoms with E-state index in [-0.39, 0.29) is 0 Å². The second kappa shape index (κ2) is 12.1. The molecule has 164 valence electrons. The van der Waals surface area contributed by atoms with Crippen molar-refractivity contribution in [3.8, 4) is 0 Å². The number of nitrogens with zero attached hydrogens (tertiary/aromatic N) is 2. The second-order valence-electron chi connectivity index (χ2n) is 8.83. The molecule has 0 spiro atoms. The van der Waals surface area contributed by atoms with Gasteiger partial charge in [0.05, 0.1) is 6.54 Å². The van der Waals surface area contributed by atoms with Crippen molar-refractivity contribution in [3.63, 3.8) is 0 Å². The van der Waals surface area contributed by atoms with Crippen molar-refractivity contribution in [2.75, 3.05) is 32.0 Å². The fourth-order valence-electron chi connectivity index (χ4n) is 4.31. The van der Waals surface area contributed by atoms with Crippen LogP contribution in [0.15, 0.2) is 48.5 Å². The van der Waals surface area contributed by atoms with E-state index < -0.39 is 0 Å². The number of rotatable bonds is 11. The Morgan fingerprint density at radius 3 is 2.20 bits per heavy atom. The Balaban J connectivity index is 1.38. The van der Waals surface area contributed by atoms with Gasteiger partial charge in [0.15, 0.2) is 0 Å². The highest BCUT2D eigenvalue weighted by molar-refractivity contribution is 5.44. The summed E-state index contributed by atoms with van der Waals surface area (Å²) in [7, 11) is 1.46. The quantitative estimate of drug-likeness (QED) is 0.358. The average Bonchev–Trinajstić information content (AvgIpc) is 2.75. The van der Waals surface area contributed by atoms with E-state index in [4.69, 9.17) is 0 Å². The normalized spacial score (nSPS) is 15.6. The molecule has 3 rings (SSSR count). The number of benzene rings is 2. The minimum atomic E-state index is 0.349. The van der Waals surface area contributed by atoms with E-state index in [2.05, 4.69) is 53.5 Å². The van der Waals surface area contributed by atoms with E-state index in [0.29, 0.717) is 6.54 Å². The number of hydrogen-bond acceptors (Lipinski definition) is 3. The topological polar surface area (TPSA) is 18.5 Å². The van der Waals surface area contributed by atoms with Crippen LogP contribution in [-0.4, -0.2) is 36.7 Å². The molecular formula is C26H38FN3. The minimum absolute atomic E-state index is 0.349. The molecule has 0 bridgehead atoms. The Hall–Kier alpha value is -1.91. The van der Waals surface area contributed by atoms with Gasteiger partial charge in [0.2, 0.25) is 0 Å². The van der Waals surface area contributed by atoms with Crippen molar-refractivity contribution in [1.29, 1.82) is 0 Å². The molecule has 0 saturated carbocycles. The average molecular weight is 412 g/mol. The molecule has 4 heteroatoms. The largest absolute Gasteiger partial charge is 0.385 e. The molecule has 2 aromatic carbocycles. The minimum Gasteiger partial charge on any atom is -0.385 e. The second-order valence-corrected chi connectivity index (χ2v) is 8.83. The van der Waals surface area contributed by atoms with Crippen LogP contribution in [0.2, 0.25) is 0 Å². The van der Waals surface area contributed by atoms with Gasteiger partial charge >= 0.3 is 0 Å². The summed E-state index contributed by atoms with van der Waals surface area (Å²) in [6, 6.07) is 17.4. The van der Waals surface area contributed by atoms with Gasteiger partial charge in [-0.05, 0) is 73.5 Å². The molecule has 1 aliphatic heterocycles. The van der Waals surface area contributed by atoms with Crippen LogP contribution in [0.3, 0.4) is 0 Å². The number of nitrogens with one attached hydrogen (secondary N) is 1. The summed E-state index contributed by atoms with van der Waals surface area (Å²) in [5.74, 6) is 0.784. The predicted molar refractivity (Wildman–Crippen MR) is 125 cm³/mol. The van der Waals surface area contributed by atoms with Gasteiger partial charge in [0.1, 0.15) is 0 Å². The van der Waals surface area contributed by atoms with Crippen molar-refractivity contribution in [3.05, 3.63) is 65.2 Å². The van der Waals surface area contributed by atoms with Crippen LogP contribution in [0.1, 0.15) is 55.7 Å². The first-order valence-corrected chi connectivity index (χ1v) is 11.6. The molecule has 1 saturated heterocycles. The van der Waals surface area contributed by atoms with Crippen LogP contribution in [0.5, 0.6) is 0 Å². The predicted octanol–water partition coefficient (Wildman–Crippen LogP) is 6.06. The maximum Gasteiger partial charge on any atom is 0.0537 e. The van der Waals surface area contributed by atoms with Gasteiger partial charge in [-0.2, -0.15) is 0 Å². The van der Waals surface area contributed by atoms with Crippen molar-refractivity contribution < 1.29 is 4.48 Å². The first-order valence-electron chi connectivity index (χ1n) is 11.6. The Kier molecular flexibility index (Phi) is 9.16. The Morgan fingerprint density at radius 2 is 1.57 bits per heavy atom. The Labute approximate surface area is 182 Å². The van der Waals surface area contributed by atoms with Gasteiger partial charge in [-0.3, -0.25) is 4.90 Å². The molecule has 1 aliphatic rings. The summed E-state index contributed by atoms with van der Waals surface area (Å²) in [5, 5.41) is 4.24.